The summed E-state index contributed by atoms with van der Waals surface area (Å²) < 4.78 is 6.07. The number of carbonyl (C=O) groups excluding carboxylic acids is 2. The number of nitrogens with zero attached hydrogens (tertiary/aromatic N) is 1. The van der Waals surface area contributed by atoms with Crippen LogP contribution in [0, 0.1) is 0 Å². The van der Waals surface area contributed by atoms with E-state index in [2.05, 4.69) is 15.6 Å². The maximum absolute atomic E-state index is 12.2. The highest BCUT2D eigenvalue weighted by Gasteiger charge is 2.09. The van der Waals surface area contributed by atoms with Crippen molar-refractivity contribution >= 4 is 44.2 Å². The molecule has 0 fully saturated rings. The van der Waals surface area contributed by atoms with E-state index in [1.807, 2.05) is 36.4 Å². The SMILES string of the molecule is COc1cccc(NC(=O)Cc2ccc3nc(NC(C)=O)sc3c2)c1. The van der Waals surface area contributed by atoms with Crippen molar-refractivity contribution in [2.75, 3.05) is 17.7 Å². The van der Waals surface area contributed by atoms with Gasteiger partial charge in [-0.1, -0.05) is 23.5 Å². The molecule has 0 spiro atoms. The van der Waals surface area contributed by atoms with Crippen LogP contribution in [0.5, 0.6) is 5.75 Å². The van der Waals surface area contributed by atoms with E-state index in [0.717, 1.165) is 15.8 Å². The zero-order chi connectivity index (χ0) is 17.8. The molecule has 0 unspecified atom stereocenters. The largest absolute Gasteiger partial charge is 0.497 e. The van der Waals surface area contributed by atoms with E-state index < -0.39 is 0 Å². The number of methoxy groups -OCH3 is 1. The Morgan fingerprint density at radius 3 is 2.76 bits per heavy atom. The zero-order valence-electron chi connectivity index (χ0n) is 13.8. The lowest BCUT2D eigenvalue weighted by Crippen LogP contribution is -2.14. The average molecular weight is 355 g/mol. The summed E-state index contributed by atoms with van der Waals surface area (Å²) in [6, 6.07) is 12.9. The van der Waals surface area contributed by atoms with Crippen molar-refractivity contribution in [3.05, 3.63) is 48.0 Å². The van der Waals surface area contributed by atoms with Crippen molar-refractivity contribution in [2.45, 2.75) is 13.3 Å². The van der Waals surface area contributed by atoms with Gasteiger partial charge in [0, 0.05) is 18.7 Å². The number of hydrogen-bond donors (Lipinski definition) is 2. The molecule has 0 saturated carbocycles. The standard InChI is InChI=1S/C18H17N3O3S/c1-11(22)19-18-21-15-7-6-12(8-16(15)25-18)9-17(23)20-13-4-3-5-14(10-13)24-2/h3-8,10H,9H2,1-2H3,(H,20,23)(H,19,21,22). The number of anilines is 2. The molecule has 1 aromatic heterocycles. The predicted octanol–water partition coefficient (Wildman–Crippen LogP) is 3.44. The van der Waals surface area contributed by atoms with E-state index in [1.165, 1.54) is 18.3 Å². The topological polar surface area (TPSA) is 80.3 Å². The van der Waals surface area contributed by atoms with Crippen molar-refractivity contribution < 1.29 is 14.3 Å². The second-order valence-electron chi connectivity index (χ2n) is 5.46. The summed E-state index contributed by atoms with van der Waals surface area (Å²) in [5.41, 5.74) is 2.37. The number of fused-ring (bicyclic) bond motifs is 1. The van der Waals surface area contributed by atoms with Gasteiger partial charge in [0.1, 0.15) is 5.75 Å². The fraction of sp³-hybridized carbons (Fsp3) is 0.167. The number of benzene rings is 2. The first-order valence-corrected chi connectivity index (χ1v) is 8.46. The second kappa shape index (κ2) is 7.31. The smallest absolute Gasteiger partial charge is 0.228 e. The van der Waals surface area contributed by atoms with Crippen LogP contribution in [0.2, 0.25) is 0 Å². The molecule has 0 aliphatic carbocycles. The minimum absolute atomic E-state index is 0.112. The summed E-state index contributed by atoms with van der Waals surface area (Å²) in [4.78, 5) is 27.7. The lowest BCUT2D eigenvalue weighted by atomic mass is 10.1. The summed E-state index contributed by atoms with van der Waals surface area (Å²) in [7, 11) is 1.58. The van der Waals surface area contributed by atoms with E-state index in [1.54, 1.807) is 13.2 Å². The Kier molecular flexibility index (Phi) is 4.95. The third kappa shape index (κ3) is 4.33. The van der Waals surface area contributed by atoms with Gasteiger partial charge < -0.3 is 15.4 Å². The summed E-state index contributed by atoms with van der Waals surface area (Å²) in [5, 5.41) is 6.09. The Hall–Kier alpha value is -2.93. The fourth-order valence-corrected chi connectivity index (χ4v) is 3.35. The number of carbonyl (C=O) groups is 2. The molecule has 0 aliphatic heterocycles. The molecule has 6 nitrogen and oxygen atoms in total. The Morgan fingerprint density at radius 2 is 2.00 bits per heavy atom. The first kappa shape index (κ1) is 16.9. The average Bonchev–Trinajstić information content (AvgIpc) is 2.95. The third-order valence-electron chi connectivity index (χ3n) is 3.45. The highest BCUT2D eigenvalue weighted by molar-refractivity contribution is 7.22. The third-order valence-corrected chi connectivity index (χ3v) is 4.39. The van der Waals surface area contributed by atoms with Crippen LogP contribution in [-0.4, -0.2) is 23.9 Å². The van der Waals surface area contributed by atoms with Crippen LogP contribution >= 0.6 is 11.3 Å². The molecule has 0 radical (unpaired) electrons. The Labute approximate surface area is 148 Å². The normalized spacial score (nSPS) is 10.5. The molecule has 1 heterocycles. The minimum atomic E-state index is -0.156. The number of aromatic nitrogens is 1. The second-order valence-corrected chi connectivity index (χ2v) is 6.49. The van der Waals surface area contributed by atoms with Gasteiger partial charge >= 0.3 is 0 Å². The lowest BCUT2D eigenvalue weighted by Gasteiger charge is -2.07. The molecule has 3 rings (SSSR count). The van der Waals surface area contributed by atoms with Gasteiger partial charge in [0.05, 0.1) is 23.7 Å². The van der Waals surface area contributed by atoms with Crippen LogP contribution in [-0.2, 0) is 16.0 Å². The summed E-state index contributed by atoms with van der Waals surface area (Å²) in [6.07, 6.45) is 0.251. The molecular weight excluding hydrogens is 338 g/mol. The van der Waals surface area contributed by atoms with Gasteiger partial charge in [0.25, 0.3) is 0 Å². The van der Waals surface area contributed by atoms with E-state index in [4.69, 9.17) is 4.74 Å². The quantitative estimate of drug-likeness (QED) is 0.735. The van der Waals surface area contributed by atoms with Gasteiger partial charge in [-0.05, 0) is 29.8 Å². The van der Waals surface area contributed by atoms with Gasteiger partial charge in [-0.25, -0.2) is 4.98 Å². The van der Waals surface area contributed by atoms with Crippen LogP contribution < -0.4 is 15.4 Å². The molecule has 2 amide bonds. The fourth-order valence-electron chi connectivity index (χ4n) is 2.37. The highest BCUT2D eigenvalue weighted by Crippen LogP contribution is 2.27. The van der Waals surface area contributed by atoms with Crippen molar-refractivity contribution in [1.82, 2.24) is 4.98 Å². The van der Waals surface area contributed by atoms with Crippen molar-refractivity contribution in [1.29, 1.82) is 0 Å². The molecule has 3 aromatic rings. The highest BCUT2D eigenvalue weighted by atomic mass is 32.1. The van der Waals surface area contributed by atoms with E-state index in [9.17, 15) is 9.59 Å². The van der Waals surface area contributed by atoms with Crippen LogP contribution in [0.1, 0.15) is 12.5 Å². The first-order valence-electron chi connectivity index (χ1n) is 7.64. The molecule has 0 saturated heterocycles. The van der Waals surface area contributed by atoms with Gasteiger partial charge in [0.2, 0.25) is 11.8 Å². The van der Waals surface area contributed by atoms with Crippen molar-refractivity contribution in [3.8, 4) is 5.75 Å². The van der Waals surface area contributed by atoms with Crippen LogP contribution in [0.4, 0.5) is 10.8 Å². The molecule has 25 heavy (non-hydrogen) atoms. The van der Waals surface area contributed by atoms with Gasteiger partial charge in [-0.3, -0.25) is 9.59 Å². The van der Waals surface area contributed by atoms with E-state index in [-0.39, 0.29) is 18.2 Å². The van der Waals surface area contributed by atoms with Crippen molar-refractivity contribution in [3.63, 3.8) is 0 Å². The maximum atomic E-state index is 12.2. The molecule has 0 aliphatic rings. The molecule has 2 aromatic carbocycles. The maximum Gasteiger partial charge on any atom is 0.228 e. The number of rotatable bonds is 5. The van der Waals surface area contributed by atoms with Crippen LogP contribution in [0.3, 0.4) is 0 Å². The van der Waals surface area contributed by atoms with E-state index in [0.29, 0.717) is 16.6 Å². The number of ether oxygens (including phenoxy) is 1. The summed E-state index contributed by atoms with van der Waals surface area (Å²) >= 11 is 1.38. The monoisotopic (exact) mass is 355 g/mol. The Bertz CT molecular complexity index is 936. The van der Waals surface area contributed by atoms with Gasteiger partial charge in [0.15, 0.2) is 5.13 Å². The molecule has 128 valence electrons. The van der Waals surface area contributed by atoms with Crippen LogP contribution in [0.25, 0.3) is 10.2 Å². The number of amides is 2. The minimum Gasteiger partial charge on any atom is -0.497 e. The van der Waals surface area contributed by atoms with Crippen molar-refractivity contribution in [2.24, 2.45) is 0 Å². The first-order chi connectivity index (χ1) is 12.0. The number of nitrogens with one attached hydrogen (secondary N) is 2. The van der Waals surface area contributed by atoms with Gasteiger partial charge in [-0.15, -0.1) is 0 Å². The molecular formula is C18H17N3O3S. The summed E-state index contributed by atoms with van der Waals surface area (Å²) in [6.45, 7) is 1.44. The summed E-state index contributed by atoms with van der Waals surface area (Å²) in [5.74, 6) is 0.422. The Morgan fingerprint density at radius 1 is 1.16 bits per heavy atom. The van der Waals surface area contributed by atoms with E-state index >= 15 is 0 Å². The molecule has 7 heteroatoms. The lowest BCUT2D eigenvalue weighted by molar-refractivity contribution is -0.116. The molecule has 0 bridgehead atoms. The molecule has 2 N–H and O–H groups in total. The Balaban J connectivity index is 1.71. The number of thiazole rings is 1. The van der Waals surface area contributed by atoms with Crippen LogP contribution in [0.15, 0.2) is 42.5 Å². The zero-order valence-corrected chi connectivity index (χ0v) is 14.6. The van der Waals surface area contributed by atoms with Gasteiger partial charge in [-0.2, -0.15) is 0 Å². The molecule has 0 atom stereocenters. The number of hydrogen-bond acceptors (Lipinski definition) is 5. The predicted molar refractivity (Wildman–Crippen MR) is 99.3 cm³/mol.